The Morgan fingerprint density at radius 2 is 0.978 bits per heavy atom. The minimum atomic E-state index is -0.249. The van der Waals surface area contributed by atoms with Gasteiger partial charge in [0.15, 0.2) is 0 Å². The summed E-state index contributed by atoms with van der Waals surface area (Å²) < 4.78 is 6.51. The number of hydrogen-bond donors (Lipinski definition) is 0. The Morgan fingerprint density at radius 1 is 0.435 bits per heavy atom. The summed E-state index contributed by atoms with van der Waals surface area (Å²) >= 11 is 0. The third kappa shape index (κ3) is 4.04. The molecule has 0 spiro atoms. The van der Waals surface area contributed by atoms with E-state index in [0.717, 1.165) is 39.0 Å². The first kappa shape index (κ1) is 26.5. The fraction of sp³-hybridized carbons (Fsp3) is 0.0455. The second kappa shape index (κ2) is 10.4. The van der Waals surface area contributed by atoms with Crippen LogP contribution in [-0.4, -0.2) is 0 Å². The van der Waals surface area contributed by atoms with Crippen LogP contribution >= 0.6 is 0 Å². The van der Waals surface area contributed by atoms with Gasteiger partial charge in [-0.1, -0.05) is 115 Å². The quantitative estimate of drug-likeness (QED) is 0.199. The molecule has 0 unspecified atom stereocenters. The highest BCUT2D eigenvalue weighted by molar-refractivity contribution is 6.06. The van der Waals surface area contributed by atoms with Crippen LogP contribution in [0.2, 0.25) is 0 Å². The molecule has 0 bridgehead atoms. The van der Waals surface area contributed by atoms with E-state index in [-0.39, 0.29) is 5.41 Å². The Bertz CT molecular complexity index is 2280. The largest absolute Gasteiger partial charge is 0.456 e. The highest BCUT2D eigenvalue weighted by Crippen LogP contribution is 2.52. The molecule has 1 aliphatic carbocycles. The van der Waals surface area contributed by atoms with Crippen molar-refractivity contribution >= 4 is 39.0 Å². The first-order chi connectivity index (χ1) is 22.7. The zero-order valence-electron chi connectivity index (χ0n) is 25.5. The SMILES string of the molecule is CC1(c2ccc3c(c2)oc2ccc(-c4ccc(N(c5ccccc5)c5ccccc5)cc4)cc23)c2ccccc2-c2ccccc21. The van der Waals surface area contributed by atoms with Gasteiger partial charge in [-0.25, -0.2) is 0 Å². The van der Waals surface area contributed by atoms with Gasteiger partial charge in [0.05, 0.1) is 0 Å². The van der Waals surface area contributed by atoms with Gasteiger partial charge in [0.25, 0.3) is 0 Å². The number of benzene rings is 7. The number of rotatable bonds is 5. The highest BCUT2D eigenvalue weighted by atomic mass is 16.3. The van der Waals surface area contributed by atoms with Crippen molar-refractivity contribution in [3.8, 4) is 22.3 Å². The van der Waals surface area contributed by atoms with Gasteiger partial charge in [-0.2, -0.15) is 0 Å². The molecule has 9 rings (SSSR count). The predicted octanol–water partition coefficient (Wildman–Crippen LogP) is 12.1. The van der Waals surface area contributed by atoms with Crippen molar-refractivity contribution in [3.05, 3.63) is 187 Å². The number of para-hydroxylation sites is 2. The molecule has 1 aliphatic rings. The normalized spacial score (nSPS) is 13.1. The van der Waals surface area contributed by atoms with Crippen LogP contribution in [0.25, 0.3) is 44.2 Å². The molecule has 46 heavy (non-hydrogen) atoms. The molecule has 7 aromatic carbocycles. The minimum absolute atomic E-state index is 0.249. The van der Waals surface area contributed by atoms with Crippen LogP contribution in [0.15, 0.2) is 174 Å². The van der Waals surface area contributed by atoms with E-state index in [1.54, 1.807) is 0 Å². The Kier molecular flexibility index (Phi) is 5.97. The molecule has 0 atom stereocenters. The number of anilines is 3. The lowest BCUT2D eigenvalue weighted by atomic mass is 9.74. The number of nitrogens with zero attached hydrogens (tertiary/aromatic N) is 1. The van der Waals surface area contributed by atoms with E-state index in [2.05, 4.69) is 182 Å². The van der Waals surface area contributed by atoms with Gasteiger partial charge in [0.2, 0.25) is 0 Å². The first-order valence-electron chi connectivity index (χ1n) is 15.9. The maximum atomic E-state index is 6.51. The summed E-state index contributed by atoms with van der Waals surface area (Å²) in [7, 11) is 0. The molecule has 1 heterocycles. The Morgan fingerprint density at radius 3 is 1.61 bits per heavy atom. The monoisotopic (exact) mass is 589 g/mol. The third-order valence-corrected chi connectivity index (χ3v) is 9.76. The van der Waals surface area contributed by atoms with Crippen molar-refractivity contribution in [1.82, 2.24) is 0 Å². The number of hydrogen-bond acceptors (Lipinski definition) is 2. The molecule has 0 radical (unpaired) electrons. The minimum Gasteiger partial charge on any atom is -0.456 e. The van der Waals surface area contributed by atoms with Crippen LogP contribution in [0.1, 0.15) is 23.6 Å². The Hall–Kier alpha value is -5.86. The van der Waals surface area contributed by atoms with Crippen molar-refractivity contribution in [2.45, 2.75) is 12.3 Å². The second-order valence-electron chi connectivity index (χ2n) is 12.3. The summed E-state index contributed by atoms with van der Waals surface area (Å²) in [6.45, 7) is 2.35. The lowest BCUT2D eigenvalue weighted by Gasteiger charge is -2.28. The fourth-order valence-electron chi connectivity index (χ4n) is 7.44. The number of furan rings is 1. The Labute approximate surface area is 268 Å². The standard InChI is InChI=1S/C44H31NO/c1-44(40-18-10-8-16-36(40)37-17-9-11-19-41(37)44)32-23-26-38-39-28-31(22-27-42(39)46-43(38)29-32)30-20-24-35(25-21-30)45(33-12-4-2-5-13-33)34-14-6-3-7-15-34/h2-29H,1H3. The molecule has 0 saturated carbocycles. The summed E-state index contributed by atoms with van der Waals surface area (Å²) in [6.07, 6.45) is 0. The van der Waals surface area contributed by atoms with Crippen LogP contribution in [0.4, 0.5) is 17.1 Å². The van der Waals surface area contributed by atoms with Crippen LogP contribution in [0, 0.1) is 0 Å². The summed E-state index contributed by atoms with van der Waals surface area (Å²) in [5.41, 5.74) is 13.9. The van der Waals surface area contributed by atoms with E-state index >= 15 is 0 Å². The predicted molar refractivity (Wildman–Crippen MR) is 191 cm³/mol. The highest BCUT2D eigenvalue weighted by Gasteiger charge is 2.40. The first-order valence-corrected chi connectivity index (χ1v) is 15.9. The molecule has 0 amide bonds. The molecule has 1 aromatic heterocycles. The maximum Gasteiger partial charge on any atom is 0.135 e. The van der Waals surface area contributed by atoms with E-state index < -0.39 is 0 Å². The zero-order valence-corrected chi connectivity index (χ0v) is 25.5. The van der Waals surface area contributed by atoms with Crippen molar-refractivity contribution in [2.75, 3.05) is 4.90 Å². The summed E-state index contributed by atoms with van der Waals surface area (Å²) in [4.78, 5) is 2.29. The topological polar surface area (TPSA) is 16.4 Å². The number of fused-ring (bicyclic) bond motifs is 6. The summed E-state index contributed by atoms with van der Waals surface area (Å²) in [6, 6.07) is 60.8. The fourth-order valence-corrected chi connectivity index (χ4v) is 7.44. The van der Waals surface area contributed by atoms with Crippen molar-refractivity contribution < 1.29 is 4.42 Å². The van der Waals surface area contributed by atoms with Gasteiger partial charge in [0.1, 0.15) is 11.2 Å². The smallest absolute Gasteiger partial charge is 0.135 e. The van der Waals surface area contributed by atoms with Crippen molar-refractivity contribution in [2.24, 2.45) is 0 Å². The second-order valence-corrected chi connectivity index (χ2v) is 12.3. The molecule has 2 nitrogen and oxygen atoms in total. The summed E-state index contributed by atoms with van der Waals surface area (Å²) in [5, 5.41) is 2.27. The molecular formula is C44H31NO. The molecule has 218 valence electrons. The van der Waals surface area contributed by atoms with Gasteiger partial charge >= 0.3 is 0 Å². The van der Waals surface area contributed by atoms with Crippen LogP contribution in [0.5, 0.6) is 0 Å². The van der Waals surface area contributed by atoms with Crippen molar-refractivity contribution in [1.29, 1.82) is 0 Å². The Balaban J connectivity index is 1.10. The van der Waals surface area contributed by atoms with Crippen LogP contribution < -0.4 is 4.90 Å². The van der Waals surface area contributed by atoms with Gasteiger partial charge < -0.3 is 9.32 Å². The molecule has 0 fully saturated rings. The lowest BCUT2D eigenvalue weighted by Crippen LogP contribution is -2.22. The average Bonchev–Trinajstić information content (AvgIpc) is 3.62. The molecule has 0 N–H and O–H groups in total. The van der Waals surface area contributed by atoms with Gasteiger partial charge in [0, 0.05) is 33.2 Å². The molecule has 2 heteroatoms. The van der Waals surface area contributed by atoms with Gasteiger partial charge in [-0.05, 0) is 100 Å². The average molecular weight is 590 g/mol. The van der Waals surface area contributed by atoms with E-state index in [1.165, 1.54) is 38.9 Å². The lowest BCUT2D eigenvalue weighted by molar-refractivity contribution is 0.662. The zero-order chi connectivity index (χ0) is 30.7. The molecule has 0 aliphatic heterocycles. The van der Waals surface area contributed by atoms with E-state index in [9.17, 15) is 0 Å². The van der Waals surface area contributed by atoms with Crippen LogP contribution in [0.3, 0.4) is 0 Å². The van der Waals surface area contributed by atoms with Gasteiger partial charge in [-0.3, -0.25) is 0 Å². The van der Waals surface area contributed by atoms with Gasteiger partial charge in [-0.15, -0.1) is 0 Å². The van der Waals surface area contributed by atoms with E-state index in [0.29, 0.717) is 0 Å². The molecular weight excluding hydrogens is 558 g/mol. The van der Waals surface area contributed by atoms with E-state index in [4.69, 9.17) is 4.42 Å². The van der Waals surface area contributed by atoms with E-state index in [1.807, 2.05) is 0 Å². The van der Waals surface area contributed by atoms with Crippen molar-refractivity contribution in [3.63, 3.8) is 0 Å². The third-order valence-electron chi connectivity index (χ3n) is 9.76. The van der Waals surface area contributed by atoms with Crippen LogP contribution in [-0.2, 0) is 5.41 Å². The maximum absolute atomic E-state index is 6.51. The molecule has 0 saturated heterocycles. The summed E-state index contributed by atoms with van der Waals surface area (Å²) in [5.74, 6) is 0. The molecule has 8 aromatic rings.